The van der Waals surface area contributed by atoms with Gasteiger partial charge in [0.2, 0.25) is 0 Å². The zero-order chi connectivity index (χ0) is 12.4. The Morgan fingerprint density at radius 1 is 1.06 bits per heavy atom. The second kappa shape index (κ2) is 4.85. The Labute approximate surface area is 109 Å². The number of anilines is 1. The highest BCUT2D eigenvalue weighted by Gasteiger charge is 2.14. The van der Waals surface area contributed by atoms with E-state index in [4.69, 9.17) is 0 Å². The van der Waals surface area contributed by atoms with Gasteiger partial charge in [-0.2, -0.15) is 0 Å². The lowest BCUT2D eigenvalue weighted by atomic mass is 9.96. The van der Waals surface area contributed by atoms with E-state index >= 15 is 0 Å². The summed E-state index contributed by atoms with van der Waals surface area (Å²) < 4.78 is 0. The maximum atomic E-state index is 3.44. The van der Waals surface area contributed by atoms with E-state index in [0.29, 0.717) is 0 Å². The molecule has 1 heteroatoms. The van der Waals surface area contributed by atoms with Crippen LogP contribution in [0.5, 0.6) is 0 Å². The Balaban J connectivity index is 1.97. The first-order valence-electron chi connectivity index (χ1n) is 6.83. The van der Waals surface area contributed by atoms with E-state index in [1.54, 1.807) is 0 Å². The van der Waals surface area contributed by atoms with Crippen LogP contribution in [0.3, 0.4) is 0 Å². The van der Waals surface area contributed by atoms with Crippen molar-refractivity contribution in [3.63, 3.8) is 0 Å². The molecule has 3 rings (SSSR count). The largest absolute Gasteiger partial charge is 0.384 e. The van der Waals surface area contributed by atoms with Gasteiger partial charge in [0.1, 0.15) is 0 Å². The van der Waals surface area contributed by atoms with Crippen molar-refractivity contribution in [2.45, 2.75) is 26.2 Å². The summed E-state index contributed by atoms with van der Waals surface area (Å²) in [4.78, 5) is 0. The van der Waals surface area contributed by atoms with E-state index in [2.05, 4.69) is 54.7 Å². The van der Waals surface area contributed by atoms with Gasteiger partial charge < -0.3 is 5.32 Å². The fraction of sp³-hybridized carbons (Fsp3) is 0.294. The van der Waals surface area contributed by atoms with Crippen LogP contribution in [0.25, 0.3) is 11.1 Å². The number of benzene rings is 2. The normalized spacial score (nSPS) is 13.2. The molecule has 1 N–H and O–H groups in total. The van der Waals surface area contributed by atoms with Crippen molar-refractivity contribution >= 4 is 5.69 Å². The maximum absolute atomic E-state index is 3.44. The Bertz CT molecular complexity index is 540. The third-order valence-corrected chi connectivity index (χ3v) is 3.67. The van der Waals surface area contributed by atoms with Gasteiger partial charge in [0, 0.05) is 12.2 Å². The summed E-state index contributed by atoms with van der Waals surface area (Å²) >= 11 is 0. The van der Waals surface area contributed by atoms with E-state index in [-0.39, 0.29) is 0 Å². The highest BCUT2D eigenvalue weighted by Crippen LogP contribution is 2.32. The van der Waals surface area contributed by atoms with E-state index in [1.807, 2.05) is 0 Å². The summed E-state index contributed by atoms with van der Waals surface area (Å²) in [6.07, 6.45) is 3.53. The number of aryl methyl sites for hydroxylation is 1. The summed E-state index contributed by atoms with van der Waals surface area (Å²) in [6.45, 7) is 3.30. The van der Waals surface area contributed by atoms with E-state index < -0.39 is 0 Å². The summed E-state index contributed by atoms with van der Waals surface area (Å²) in [5.74, 6) is 0. The number of hydrogen-bond acceptors (Lipinski definition) is 1. The molecule has 1 nitrogen and oxygen atoms in total. The first-order chi connectivity index (χ1) is 8.88. The molecule has 0 aromatic heterocycles. The van der Waals surface area contributed by atoms with Crippen LogP contribution in [-0.4, -0.2) is 6.54 Å². The average Bonchev–Trinajstić information content (AvgIpc) is 2.88. The summed E-state index contributed by atoms with van der Waals surface area (Å²) in [6, 6.07) is 15.6. The molecule has 0 saturated heterocycles. The van der Waals surface area contributed by atoms with Crippen molar-refractivity contribution in [3.05, 3.63) is 53.6 Å². The first kappa shape index (κ1) is 11.3. The SMILES string of the molecule is CCCc1ccc(-c2cccc3c2CCN3)cc1. The smallest absolute Gasteiger partial charge is 0.0379 e. The fourth-order valence-electron chi connectivity index (χ4n) is 2.75. The number of hydrogen-bond donors (Lipinski definition) is 1. The molecule has 2 aromatic carbocycles. The quantitative estimate of drug-likeness (QED) is 0.840. The minimum absolute atomic E-state index is 1.07. The summed E-state index contributed by atoms with van der Waals surface area (Å²) in [7, 11) is 0. The molecule has 0 unspecified atom stereocenters. The predicted octanol–water partition coefficient (Wildman–Crippen LogP) is 4.27. The van der Waals surface area contributed by atoms with Crippen molar-refractivity contribution < 1.29 is 0 Å². The Kier molecular flexibility index (Phi) is 3.06. The Morgan fingerprint density at radius 3 is 2.67 bits per heavy atom. The summed E-state index contributed by atoms with van der Waals surface area (Å²) in [5.41, 5.74) is 6.95. The van der Waals surface area contributed by atoms with Crippen LogP contribution in [-0.2, 0) is 12.8 Å². The molecule has 0 aliphatic carbocycles. The molecule has 1 aliphatic rings. The zero-order valence-corrected chi connectivity index (χ0v) is 10.9. The minimum atomic E-state index is 1.07. The number of rotatable bonds is 3. The lowest BCUT2D eigenvalue weighted by molar-refractivity contribution is 0.922. The molecule has 2 aromatic rings. The molecule has 0 radical (unpaired) electrons. The Morgan fingerprint density at radius 2 is 1.89 bits per heavy atom. The van der Waals surface area contributed by atoms with Crippen LogP contribution >= 0.6 is 0 Å². The zero-order valence-electron chi connectivity index (χ0n) is 10.9. The van der Waals surface area contributed by atoms with Gasteiger partial charge >= 0.3 is 0 Å². The van der Waals surface area contributed by atoms with Gasteiger partial charge in [-0.15, -0.1) is 0 Å². The van der Waals surface area contributed by atoms with Crippen LogP contribution in [0.4, 0.5) is 5.69 Å². The van der Waals surface area contributed by atoms with Crippen molar-refractivity contribution in [3.8, 4) is 11.1 Å². The topological polar surface area (TPSA) is 12.0 Å². The highest BCUT2D eigenvalue weighted by molar-refractivity contribution is 5.75. The molecular weight excluding hydrogens is 218 g/mol. The standard InChI is InChI=1S/C17H19N/c1-2-4-13-7-9-14(10-8-13)15-5-3-6-17-16(15)11-12-18-17/h3,5-10,18H,2,4,11-12H2,1H3. The van der Waals surface area contributed by atoms with Gasteiger partial charge in [0.25, 0.3) is 0 Å². The molecule has 1 heterocycles. The van der Waals surface area contributed by atoms with Gasteiger partial charge in [0.05, 0.1) is 0 Å². The lowest BCUT2D eigenvalue weighted by Crippen LogP contribution is -1.90. The first-order valence-corrected chi connectivity index (χ1v) is 6.83. The third-order valence-electron chi connectivity index (χ3n) is 3.67. The molecule has 1 aliphatic heterocycles. The number of fused-ring (bicyclic) bond motifs is 1. The molecule has 0 fully saturated rings. The van der Waals surface area contributed by atoms with Crippen LogP contribution in [0.2, 0.25) is 0 Å². The molecule has 0 bridgehead atoms. The van der Waals surface area contributed by atoms with Crippen molar-refractivity contribution in [2.24, 2.45) is 0 Å². The molecular formula is C17H19N. The van der Waals surface area contributed by atoms with Crippen molar-refractivity contribution in [1.29, 1.82) is 0 Å². The van der Waals surface area contributed by atoms with Gasteiger partial charge in [-0.25, -0.2) is 0 Å². The van der Waals surface area contributed by atoms with E-state index in [0.717, 1.165) is 13.0 Å². The van der Waals surface area contributed by atoms with E-state index in [9.17, 15) is 0 Å². The van der Waals surface area contributed by atoms with Gasteiger partial charge in [-0.05, 0) is 41.2 Å². The highest BCUT2D eigenvalue weighted by atomic mass is 14.9. The molecule has 18 heavy (non-hydrogen) atoms. The third kappa shape index (κ3) is 2.01. The van der Waals surface area contributed by atoms with Gasteiger partial charge in [0.15, 0.2) is 0 Å². The van der Waals surface area contributed by atoms with Crippen LogP contribution < -0.4 is 5.32 Å². The monoisotopic (exact) mass is 237 g/mol. The van der Waals surface area contributed by atoms with Gasteiger partial charge in [-0.1, -0.05) is 49.7 Å². The fourth-order valence-corrected chi connectivity index (χ4v) is 2.75. The van der Waals surface area contributed by atoms with Crippen LogP contribution in [0, 0.1) is 0 Å². The average molecular weight is 237 g/mol. The lowest BCUT2D eigenvalue weighted by Gasteiger charge is -2.09. The Hall–Kier alpha value is -1.76. The second-order valence-electron chi connectivity index (χ2n) is 4.96. The van der Waals surface area contributed by atoms with Crippen LogP contribution in [0.15, 0.2) is 42.5 Å². The van der Waals surface area contributed by atoms with E-state index in [1.165, 1.54) is 40.8 Å². The maximum Gasteiger partial charge on any atom is 0.0379 e. The van der Waals surface area contributed by atoms with Crippen LogP contribution in [0.1, 0.15) is 24.5 Å². The van der Waals surface area contributed by atoms with Gasteiger partial charge in [-0.3, -0.25) is 0 Å². The molecule has 0 saturated carbocycles. The van der Waals surface area contributed by atoms with Crippen molar-refractivity contribution in [1.82, 2.24) is 0 Å². The molecule has 0 amide bonds. The molecule has 0 atom stereocenters. The molecule has 0 spiro atoms. The second-order valence-corrected chi connectivity index (χ2v) is 4.96. The van der Waals surface area contributed by atoms with Crippen molar-refractivity contribution in [2.75, 3.05) is 11.9 Å². The minimum Gasteiger partial charge on any atom is -0.384 e. The predicted molar refractivity (Wildman–Crippen MR) is 78.1 cm³/mol. The summed E-state index contributed by atoms with van der Waals surface area (Å²) in [5, 5.41) is 3.44. The molecule has 92 valence electrons. The number of nitrogens with one attached hydrogen (secondary N) is 1.